The summed E-state index contributed by atoms with van der Waals surface area (Å²) >= 11 is 3.42. The van der Waals surface area contributed by atoms with Crippen LogP contribution in [0.5, 0.6) is 11.5 Å². The zero-order chi connectivity index (χ0) is 27.4. The van der Waals surface area contributed by atoms with Gasteiger partial charge in [-0.3, -0.25) is 9.59 Å². The molecule has 0 radical (unpaired) electrons. The molecule has 0 unspecified atom stereocenters. The van der Waals surface area contributed by atoms with Crippen LogP contribution in [-0.4, -0.2) is 64.5 Å². The third-order valence-corrected chi connectivity index (χ3v) is 7.70. The summed E-state index contributed by atoms with van der Waals surface area (Å²) in [7, 11) is 3.23. The van der Waals surface area contributed by atoms with Gasteiger partial charge in [0.15, 0.2) is 0 Å². The molecule has 0 saturated carbocycles. The van der Waals surface area contributed by atoms with E-state index in [0.29, 0.717) is 52.4 Å². The summed E-state index contributed by atoms with van der Waals surface area (Å²) in [5.41, 5.74) is 7.25. The van der Waals surface area contributed by atoms with E-state index in [1.807, 2.05) is 48.5 Å². The van der Waals surface area contributed by atoms with Crippen molar-refractivity contribution in [1.29, 1.82) is 0 Å². The van der Waals surface area contributed by atoms with Crippen LogP contribution < -0.4 is 15.2 Å². The molecule has 2 aliphatic rings. The van der Waals surface area contributed by atoms with Gasteiger partial charge in [-0.1, -0.05) is 40.2 Å². The Hall–Kier alpha value is -2.66. The molecule has 0 bridgehead atoms. The van der Waals surface area contributed by atoms with E-state index in [-0.39, 0.29) is 29.4 Å². The molecule has 2 fully saturated rings. The highest BCUT2D eigenvalue weighted by Crippen LogP contribution is 2.34. The smallest absolute Gasteiger partial charge is 0.306 e. The molecule has 0 amide bonds. The fourth-order valence-electron chi connectivity index (χ4n) is 3.79. The van der Waals surface area contributed by atoms with Gasteiger partial charge in [-0.25, -0.2) is 0 Å². The molecule has 2 aromatic rings. The summed E-state index contributed by atoms with van der Waals surface area (Å²) in [6.45, 7) is 3.34. The van der Waals surface area contributed by atoms with E-state index in [9.17, 15) is 9.59 Å². The van der Waals surface area contributed by atoms with Crippen molar-refractivity contribution in [2.75, 3.05) is 52.5 Å². The molecule has 38 heavy (non-hydrogen) atoms. The minimum absolute atomic E-state index is 0.0724. The molecule has 0 aromatic heterocycles. The lowest BCUT2D eigenvalue weighted by molar-refractivity contribution is -0.161. The number of carbonyl (C=O) groups is 2. The van der Waals surface area contributed by atoms with Gasteiger partial charge in [0.25, 0.3) is 0 Å². The molecule has 2 N–H and O–H groups in total. The molecule has 2 saturated heterocycles. The zero-order valence-corrected chi connectivity index (χ0v) is 23.5. The molecule has 2 aliphatic heterocycles. The summed E-state index contributed by atoms with van der Waals surface area (Å²) in [5.74, 6) is 1.16. The quantitative estimate of drug-likeness (QED) is 0.291. The fourth-order valence-corrected chi connectivity index (χ4v) is 4.31. The first-order valence-electron chi connectivity index (χ1n) is 12.3. The summed E-state index contributed by atoms with van der Waals surface area (Å²) in [6.07, 6.45) is 0.716. The van der Waals surface area contributed by atoms with Crippen LogP contribution in [0.1, 0.15) is 24.0 Å². The van der Waals surface area contributed by atoms with Gasteiger partial charge >= 0.3 is 11.9 Å². The summed E-state index contributed by atoms with van der Waals surface area (Å²) in [5, 5.41) is 0.762. The Morgan fingerprint density at radius 1 is 0.763 bits per heavy atom. The van der Waals surface area contributed by atoms with E-state index in [4.69, 9.17) is 34.2 Å². The van der Waals surface area contributed by atoms with Crippen molar-refractivity contribution in [3.63, 3.8) is 0 Å². The van der Waals surface area contributed by atoms with E-state index < -0.39 is 0 Å². The van der Waals surface area contributed by atoms with E-state index in [0.717, 1.165) is 28.0 Å². The van der Waals surface area contributed by atoms with Gasteiger partial charge in [-0.15, -0.1) is 0 Å². The number of alkyl halides is 1. The Morgan fingerprint density at radius 3 is 1.45 bits per heavy atom. The van der Waals surface area contributed by atoms with Crippen molar-refractivity contribution in [2.24, 2.45) is 16.6 Å². The number of hydrogen-bond acceptors (Lipinski definition) is 9. The van der Waals surface area contributed by atoms with Crippen LogP contribution in [0.3, 0.4) is 0 Å². The molecular weight excluding hydrogens is 558 g/mol. The summed E-state index contributed by atoms with van der Waals surface area (Å²) in [6, 6.07) is 14.9. The first-order valence-corrected chi connectivity index (χ1v) is 13.5. The third-order valence-electron chi connectivity index (χ3n) is 6.51. The third kappa shape index (κ3) is 8.69. The Morgan fingerprint density at radius 2 is 1.16 bits per heavy atom. The Labute approximate surface area is 232 Å². The highest BCUT2D eigenvalue weighted by atomic mass is 79.9. The number of ether oxygens (including phenoxy) is 6. The number of rotatable bonds is 12. The van der Waals surface area contributed by atoms with Gasteiger partial charge in [-0.2, -0.15) is 0 Å². The molecule has 208 valence electrons. The second-order valence-corrected chi connectivity index (χ2v) is 10.3. The number of halogens is 1. The second kappa shape index (κ2) is 14.5. The number of methoxy groups -OCH3 is 2. The van der Waals surface area contributed by atoms with Crippen molar-refractivity contribution < 1.29 is 38.0 Å². The first-order chi connectivity index (χ1) is 18.3. The number of nitrogens with two attached hydrogens (primary N) is 1. The predicted molar refractivity (Wildman–Crippen MR) is 144 cm³/mol. The van der Waals surface area contributed by atoms with Crippen LogP contribution in [0.15, 0.2) is 48.5 Å². The maximum Gasteiger partial charge on any atom is 0.306 e. The molecule has 0 spiro atoms. The van der Waals surface area contributed by atoms with Gasteiger partial charge in [0, 0.05) is 22.7 Å². The average Bonchev–Trinajstić information content (AvgIpc) is 2.91. The lowest BCUT2D eigenvalue weighted by Crippen LogP contribution is -2.49. The normalized spacial score (nSPS) is 16.5. The minimum atomic E-state index is -0.232. The molecule has 0 aliphatic carbocycles. The number of hydrogen-bond donors (Lipinski definition) is 1. The van der Waals surface area contributed by atoms with Crippen LogP contribution in [0.25, 0.3) is 0 Å². The SMILES string of the molecule is COc1ccc(COC(=O)CC2(CBr)COC2)cc1.COc1ccc(COC(=O)CC2(CN)COC2)cc1. The highest BCUT2D eigenvalue weighted by Gasteiger charge is 2.40. The maximum absolute atomic E-state index is 11.8. The topological polar surface area (TPSA) is 116 Å². The van der Waals surface area contributed by atoms with Gasteiger partial charge in [0.2, 0.25) is 0 Å². The van der Waals surface area contributed by atoms with Crippen molar-refractivity contribution in [3.8, 4) is 11.5 Å². The maximum atomic E-state index is 11.8. The van der Waals surface area contributed by atoms with Crippen LogP contribution in [0.4, 0.5) is 0 Å². The lowest BCUT2D eigenvalue weighted by atomic mass is 9.83. The van der Waals surface area contributed by atoms with Crippen molar-refractivity contribution in [2.45, 2.75) is 26.1 Å². The van der Waals surface area contributed by atoms with Crippen molar-refractivity contribution in [3.05, 3.63) is 59.7 Å². The van der Waals surface area contributed by atoms with E-state index >= 15 is 0 Å². The largest absolute Gasteiger partial charge is 0.497 e. The average molecular weight is 594 g/mol. The number of esters is 2. The summed E-state index contributed by atoms with van der Waals surface area (Å²) in [4.78, 5) is 23.5. The van der Waals surface area contributed by atoms with Gasteiger partial charge < -0.3 is 34.2 Å². The number of benzene rings is 2. The van der Waals surface area contributed by atoms with Gasteiger partial charge in [-0.05, 0) is 35.4 Å². The van der Waals surface area contributed by atoms with Crippen LogP contribution in [-0.2, 0) is 41.8 Å². The predicted octanol–water partition coefficient (Wildman–Crippen LogP) is 3.64. The molecule has 9 nitrogen and oxygen atoms in total. The molecular formula is C28H36BrNO8. The van der Waals surface area contributed by atoms with Crippen LogP contribution in [0.2, 0.25) is 0 Å². The van der Waals surface area contributed by atoms with Crippen LogP contribution in [0, 0.1) is 10.8 Å². The van der Waals surface area contributed by atoms with Gasteiger partial charge in [0.05, 0.1) is 53.5 Å². The Balaban J connectivity index is 0.000000211. The standard InChI is InChI=1S/C14H17BrO4.C14H19NO4/c2*1-17-12-4-2-11(3-5-12)7-19-13(16)6-14(8-15)9-18-10-14/h2-5H,6-10H2,1H3;2-5H,6-10,15H2,1H3. The zero-order valence-electron chi connectivity index (χ0n) is 21.9. The first kappa shape index (κ1) is 29.9. The molecule has 4 rings (SSSR count). The summed E-state index contributed by atoms with van der Waals surface area (Å²) < 4.78 is 30.9. The minimum Gasteiger partial charge on any atom is -0.497 e. The van der Waals surface area contributed by atoms with Gasteiger partial charge in [0.1, 0.15) is 24.7 Å². The lowest BCUT2D eigenvalue weighted by Gasteiger charge is -2.39. The van der Waals surface area contributed by atoms with Crippen LogP contribution >= 0.6 is 15.9 Å². The Bertz CT molecular complexity index is 926. The monoisotopic (exact) mass is 593 g/mol. The molecule has 10 heteroatoms. The van der Waals surface area contributed by atoms with E-state index in [1.165, 1.54) is 0 Å². The van der Waals surface area contributed by atoms with Crippen molar-refractivity contribution >= 4 is 27.9 Å². The fraction of sp³-hybridized carbons (Fsp3) is 0.500. The number of carbonyl (C=O) groups excluding carboxylic acids is 2. The van der Waals surface area contributed by atoms with E-state index in [2.05, 4.69) is 15.9 Å². The second-order valence-electron chi connectivity index (χ2n) is 9.69. The molecule has 0 atom stereocenters. The molecule has 2 heterocycles. The Kier molecular flexibility index (Phi) is 11.4. The van der Waals surface area contributed by atoms with E-state index in [1.54, 1.807) is 14.2 Å². The highest BCUT2D eigenvalue weighted by molar-refractivity contribution is 9.09. The molecule has 2 aromatic carbocycles. The van der Waals surface area contributed by atoms with Crippen molar-refractivity contribution in [1.82, 2.24) is 0 Å².